The quantitative estimate of drug-likeness (QED) is 0.494. The number of halogens is 2. The zero-order valence-electron chi connectivity index (χ0n) is 12.0. The van der Waals surface area contributed by atoms with Gasteiger partial charge in [-0.25, -0.2) is 4.57 Å². The van der Waals surface area contributed by atoms with Crippen LogP contribution < -0.4 is 4.52 Å². The van der Waals surface area contributed by atoms with Gasteiger partial charge in [0.05, 0.1) is 8.95 Å². The minimum absolute atomic E-state index is 0. The Morgan fingerprint density at radius 2 is 1.48 bits per heavy atom. The van der Waals surface area contributed by atoms with E-state index in [1.807, 2.05) is 42.5 Å². The third kappa shape index (κ3) is 5.74. The van der Waals surface area contributed by atoms with Crippen molar-refractivity contribution in [2.45, 2.75) is 19.3 Å². The molecule has 0 saturated carbocycles. The van der Waals surface area contributed by atoms with Crippen molar-refractivity contribution in [1.82, 2.24) is 0 Å². The summed E-state index contributed by atoms with van der Waals surface area (Å²) in [5.41, 5.74) is 1.85. The van der Waals surface area contributed by atoms with Gasteiger partial charge in [-0.05, 0) is 55.1 Å². The molecule has 0 amide bonds. The van der Waals surface area contributed by atoms with Crippen molar-refractivity contribution >= 4 is 91.1 Å². The molecule has 0 aliphatic carbocycles. The molecule has 2 rings (SSSR count). The normalized spacial score (nSPS) is 11.7. The Balaban J connectivity index is 0.00000264. The molecule has 0 heterocycles. The summed E-state index contributed by atoms with van der Waals surface area (Å²) < 4.78 is 16.7. The summed E-state index contributed by atoms with van der Waals surface area (Å²) in [6.07, 6.45) is 0. The van der Waals surface area contributed by atoms with Crippen molar-refractivity contribution in [2.24, 2.45) is 0 Å². The van der Waals surface area contributed by atoms with Crippen LogP contribution in [0.5, 0.6) is 5.75 Å². The molecular weight excluding hydrogens is 474 g/mol. The van der Waals surface area contributed by atoms with Crippen LogP contribution in [0.1, 0.15) is 25.0 Å². The maximum absolute atomic E-state index is 11.0. The van der Waals surface area contributed by atoms with Crippen molar-refractivity contribution in [1.29, 1.82) is 0 Å². The average molecular weight is 490 g/mol. The number of benzene rings is 2. The Kier molecular flexibility index (Phi) is 8.22. The Hall–Kier alpha value is 0.986. The van der Waals surface area contributed by atoms with E-state index in [2.05, 4.69) is 45.7 Å². The van der Waals surface area contributed by atoms with Crippen molar-refractivity contribution in [2.75, 3.05) is 0 Å². The van der Waals surface area contributed by atoms with Gasteiger partial charge < -0.3 is 4.52 Å². The number of hydrogen-bond donors (Lipinski definition) is 2. The van der Waals surface area contributed by atoms with Crippen LogP contribution in [0.2, 0.25) is 0 Å². The van der Waals surface area contributed by atoms with E-state index in [0.29, 0.717) is 8.95 Å². The van der Waals surface area contributed by atoms with E-state index in [4.69, 9.17) is 14.3 Å². The fourth-order valence-corrected chi connectivity index (χ4v) is 4.18. The molecule has 2 N–H and O–H groups in total. The molecule has 0 aliphatic rings. The van der Waals surface area contributed by atoms with E-state index < -0.39 is 7.82 Å². The predicted molar refractivity (Wildman–Crippen MR) is 100 cm³/mol. The Morgan fingerprint density at radius 1 is 1.00 bits per heavy atom. The minimum atomic E-state index is -4.62. The third-order valence-corrected chi connectivity index (χ3v) is 5.02. The van der Waals surface area contributed by atoms with Crippen molar-refractivity contribution < 1.29 is 18.9 Å². The van der Waals surface area contributed by atoms with Gasteiger partial charge in [-0.15, -0.1) is 0 Å². The monoisotopic (exact) mass is 488 g/mol. The maximum atomic E-state index is 11.0. The Bertz CT molecular complexity index is 709. The van der Waals surface area contributed by atoms with Gasteiger partial charge in [0, 0.05) is 5.41 Å². The molecule has 0 atom stereocenters. The molecule has 0 aromatic heterocycles. The molecule has 4 nitrogen and oxygen atoms in total. The zero-order valence-corrected chi connectivity index (χ0v) is 16.0. The van der Waals surface area contributed by atoms with E-state index >= 15 is 0 Å². The molecule has 2 aromatic carbocycles. The molecule has 0 bridgehead atoms. The average Bonchev–Trinajstić information content (AvgIpc) is 2.42. The molecular formula is C15H16Br2KO4P. The summed E-state index contributed by atoms with van der Waals surface area (Å²) in [6.45, 7) is 4.17. The van der Waals surface area contributed by atoms with Gasteiger partial charge in [-0.2, -0.15) is 0 Å². The Morgan fingerprint density at radius 3 is 1.91 bits per heavy atom. The topological polar surface area (TPSA) is 66.8 Å². The van der Waals surface area contributed by atoms with Crippen molar-refractivity contribution in [3.63, 3.8) is 0 Å². The molecule has 0 radical (unpaired) electrons. The van der Waals surface area contributed by atoms with Crippen LogP contribution in [0.4, 0.5) is 0 Å². The van der Waals surface area contributed by atoms with Crippen LogP contribution in [0, 0.1) is 0 Å². The van der Waals surface area contributed by atoms with Gasteiger partial charge in [0.2, 0.25) is 0 Å². The number of phosphoric ester groups is 1. The molecule has 2 aromatic rings. The summed E-state index contributed by atoms with van der Waals surface area (Å²) in [5, 5.41) is 0. The van der Waals surface area contributed by atoms with Gasteiger partial charge in [0.15, 0.2) is 5.75 Å². The molecule has 0 unspecified atom stereocenters. The van der Waals surface area contributed by atoms with Gasteiger partial charge in [0.25, 0.3) is 0 Å². The van der Waals surface area contributed by atoms with E-state index in [0.717, 1.165) is 11.1 Å². The molecule has 0 fully saturated rings. The summed E-state index contributed by atoms with van der Waals surface area (Å²) in [6, 6.07) is 13.6. The second-order valence-electron chi connectivity index (χ2n) is 5.34. The molecule has 0 spiro atoms. The standard InChI is InChI=1S/C15H15Br2O4P.K.H/c1-15(2,10-6-4-3-5-7-10)11-8-12(16)14(13(17)9-11)21-22(18,19)20;;/h3-9H,1-2H3,(H2,18,19,20);;. The van der Waals surface area contributed by atoms with Crippen molar-refractivity contribution in [3.05, 3.63) is 62.5 Å². The number of hydrogen-bond acceptors (Lipinski definition) is 2. The van der Waals surface area contributed by atoms with Crippen molar-refractivity contribution in [3.8, 4) is 5.75 Å². The first-order chi connectivity index (χ1) is 10.1. The Labute approximate surface area is 194 Å². The van der Waals surface area contributed by atoms with Crippen LogP contribution >= 0.6 is 39.7 Å². The van der Waals surface area contributed by atoms with Gasteiger partial charge in [-0.3, -0.25) is 9.79 Å². The first-order valence-electron chi connectivity index (χ1n) is 6.41. The van der Waals surface area contributed by atoms with E-state index in [1.54, 1.807) is 0 Å². The fraction of sp³-hybridized carbons (Fsp3) is 0.200. The first kappa shape index (κ1) is 22.0. The van der Waals surface area contributed by atoms with E-state index in [1.165, 1.54) is 0 Å². The van der Waals surface area contributed by atoms with Crippen LogP contribution in [0.3, 0.4) is 0 Å². The fourth-order valence-electron chi connectivity index (χ4n) is 2.15. The van der Waals surface area contributed by atoms with E-state index in [-0.39, 0.29) is 62.5 Å². The van der Waals surface area contributed by atoms with Gasteiger partial charge >= 0.3 is 59.2 Å². The molecule has 0 saturated heterocycles. The second-order valence-corrected chi connectivity index (χ2v) is 8.21. The SMILES string of the molecule is CC(C)(c1ccccc1)c1cc(Br)c(OP(=O)(O)O)c(Br)c1.[KH]. The third-order valence-electron chi connectivity index (χ3n) is 3.43. The molecule has 120 valence electrons. The van der Waals surface area contributed by atoms with E-state index in [9.17, 15) is 4.57 Å². The first-order valence-corrected chi connectivity index (χ1v) is 9.53. The van der Waals surface area contributed by atoms with Crippen LogP contribution in [-0.4, -0.2) is 61.2 Å². The summed E-state index contributed by atoms with van der Waals surface area (Å²) >= 11 is 6.63. The number of phosphoric acid groups is 1. The van der Waals surface area contributed by atoms with Crippen LogP contribution in [0.15, 0.2) is 51.4 Å². The molecule has 8 heteroatoms. The second kappa shape index (κ2) is 8.58. The van der Waals surface area contributed by atoms with Crippen LogP contribution in [0.25, 0.3) is 0 Å². The number of rotatable bonds is 4. The van der Waals surface area contributed by atoms with Crippen LogP contribution in [-0.2, 0) is 9.98 Å². The van der Waals surface area contributed by atoms with Gasteiger partial charge in [-0.1, -0.05) is 44.2 Å². The zero-order chi connectivity index (χ0) is 16.5. The summed E-state index contributed by atoms with van der Waals surface area (Å²) in [4.78, 5) is 17.9. The molecule has 0 aliphatic heterocycles. The van der Waals surface area contributed by atoms with Gasteiger partial charge in [0.1, 0.15) is 0 Å². The summed E-state index contributed by atoms with van der Waals surface area (Å²) in [7, 11) is -4.62. The molecule has 23 heavy (non-hydrogen) atoms. The predicted octanol–water partition coefficient (Wildman–Crippen LogP) is 4.36. The summed E-state index contributed by atoms with van der Waals surface area (Å²) in [5.74, 6) is 0.0842.